The fourth-order valence-electron chi connectivity index (χ4n) is 1.50. The Balaban J connectivity index is 2.59. The first-order valence-corrected chi connectivity index (χ1v) is 5.52. The van der Waals surface area contributed by atoms with Crippen molar-refractivity contribution in [2.45, 2.75) is 20.8 Å². The highest BCUT2D eigenvalue weighted by Crippen LogP contribution is 2.18. The number of nitrogens with zero attached hydrogens (tertiary/aromatic N) is 3. The summed E-state index contributed by atoms with van der Waals surface area (Å²) in [7, 11) is 0. The van der Waals surface area contributed by atoms with E-state index in [9.17, 15) is 0 Å². The van der Waals surface area contributed by atoms with E-state index in [4.69, 9.17) is 0 Å². The normalized spacial score (nSPS) is 10.7. The molecule has 0 atom stereocenters. The summed E-state index contributed by atoms with van der Waals surface area (Å²) >= 11 is 3.41. The molecular formula is C11H12BrN3. The quantitative estimate of drug-likeness (QED) is 0.794. The van der Waals surface area contributed by atoms with Gasteiger partial charge in [0.1, 0.15) is 12.1 Å². The first-order chi connectivity index (χ1) is 7.09. The highest BCUT2D eigenvalue weighted by molar-refractivity contribution is 9.10. The third-order valence-electron chi connectivity index (χ3n) is 2.50. The summed E-state index contributed by atoms with van der Waals surface area (Å²) in [6, 6.07) is 2.05. The molecule has 0 N–H and O–H groups in total. The van der Waals surface area contributed by atoms with Crippen molar-refractivity contribution < 1.29 is 0 Å². The summed E-state index contributed by atoms with van der Waals surface area (Å²) in [6.45, 7) is 6.09. The van der Waals surface area contributed by atoms with E-state index in [1.54, 1.807) is 6.20 Å². The topological polar surface area (TPSA) is 30.7 Å². The highest BCUT2D eigenvalue weighted by Gasteiger charge is 2.07. The van der Waals surface area contributed by atoms with Gasteiger partial charge < -0.3 is 0 Å². The van der Waals surface area contributed by atoms with Gasteiger partial charge in [-0.15, -0.1) is 0 Å². The predicted octanol–water partition coefficient (Wildman–Crippen LogP) is 2.96. The monoisotopic (exact) mass is 265 g/mol. The average Bonchev–Trinajstić information content (AvgIpc) is 2.49. The fraction of sp³-hybridized carbons (Fsp3) is 0.273. The number of rotatable bonds is 1. The molecule has 0 unspecified atom stereocenters. The molecule has 0 amide bonds. The highest BCUT2D eigenvalue weighted by atomic mass is 79.9. The van der Waals surface area contributed by atoms with Crippen molar-refractivity contribution in [2.24, 2.45) is 0 Å². The van der Waals surface area contributed by atoms with Crippen LogP contribution in [0.25, 0.3) is 5.82 Å². The zero-order valence-corrected chi connectivity index (χ0v) is 10.5. The average molecular weight is 266 g/mol. The second-order valence-corrected chi connectivity index (χ2v) is 4.50. The van der Waals surface area contributed by atoms with Crippen LogP contribution in [0.4, 0.5) is 0 Å². The van der Waals surface area contributed by atoms with Gasteiger partial charge in [0.2, 0.25) is 0 Å². The lowest BCUT2D eigenvalue weighted by Crippen LogP contribution is -2.01. The van der Waals surface area contributed by atoms with Gasteiger partial charge in [-0.05, 0) is 48.3 Å². The molecule has 2 aromatic heterocycles. The summed E-state index contributed by atoms with van der Waals surface area (Å²) in [6.07, 6.45) is 3.62. The van der Waals surface area contributed by atoms with E-state index in [2.05, 4.69) is 32.0 Å². The molecule has 0 aromatic carbocycles. The number of aromatic nitrogens is 3. The van der Waals surface area contributed by atoms with Crippen LogP contribution in [0.5, 0.6) is 0 Å². The number of aryl methyl sites for hydroxylation is 2. The van der Waals surface area contributed by atoms with Gasteiger partial charge in [0.05, 0.1) is 5.69 Å². The van der Waals surface area contributed by atoms with Crippen LogP contribution in [0.3, 0.4) is 0 Å². The molecule has 0 aliphatic heterocycles. The minimum atomic E-state index is 0.941. The largest absolute Gasteiger partial charge is 0.287 e. The van der Waals surface area contributed by atoms with E-state index in [1.807, 2.05) is 31.7 Å². The van der Waals surface area contributed by atoms with E-state index in [0.717, 1.165) is 27.2 Å². The summed E-state index contributed by atoms with van der Waals surface area (Å²) in [5.41, 5.74) is 3.30. The van der Waals surface area contributed by atoms with Gasteiger partial charge in [-0.3, -0.25) is 4.57 Å². The van der Waals surface area contributed by atoms with Crippen molar-refractivity contribution in [1.29, 1.82) is 0 Å². The molecule has 0 aliphatic rings. The van der Waals surface area contributed by atoms with Crippen LogP contribution < -0.4 is 0 Å². The SMILES string of the molecule is Cc1cc(Br)cnc1-n1cnc(C)c1C. The molecule has 78 valence electrons. The second kappa shape index (κ2) is 3.77. The Kier molecular flexibility index (Phi) is 2.61. The van der Waals surface area contributed by atoms with E-state index < -0.39 is 0 Å². The van der Waals surface area contributed by atoms with Gasteiger partial charge in [-0.1, -0.05) is 0 Å². The maximum absolute atomic E-state index is 4.40. The van der Waals surface area contributed by atoms with Crippen LogP contribution in [0.2, 0.25) is 0 Å². The molecule has 0 fully saturated rings. The van der Waals surface area contributed by atoms with Crippen molar-refractivity contribution >= 4 is 15.9 Å². The van der Waals surface area contributed by atoms with Crippen LogP contribution in [-0.2, 0) is 0 Å². The molecule has 0 aliphatic carbocycles. The Bertz CT molecular complexity index is 503. The van der Waals surface area contributed by atoms with E-state index >= 15 is 0 Å². The Hall–Kier alpha value is -1.16. The van der Waals surface area contributed by atoms with Crippen LogP contribution >= 0.6 is 15.9 Å². The number of hydrogen-bond acceptors (Lipinski definition) is 2. The summed E-state index contributed by atoms with van der Waals surface area (Å²) in [5, 5.41) is 0. The zero-order chi connectivity index (χ0) is 11.0. The van der Waals surface area contributed by atoms with Crippen LogP contribution in [0.15, 0.2) is 23.1 Å². The Morgan fingerprint density at radius 3 is 2.47 bits per heavy atom. The molecule has 2 aromatic rings. The van der Waals surface area contributed by atoms with Crippen LogP contribution in [0.1, 0.15) is 17.0 Å². The van der Waals surface area contributed by atoms with E-state index in [1.165, 1.54) is 0 Å². The number of hydrogen-bond donors (Lipinski definition) is 0. The minimum absolute atomic E-state index is 0.941. The maximum atomic E-state index is 4.40. The molecular weight excluding hydrogens is 254 g/mol. The van der Waals surface area contributed by atoms with E-state index in [-0.39, 0.29) is 0 Å². The molecule has 0 spiro atoms. The molecule has 2 rings (SSSR count). The summed E-state index contributed by atoms with van der Waals surface area (Å²) < 4.78 is 3.01. The first-order valence-electron chi connectivity index (χ1n) is 4.72. The molecule has 2 heterocycles. The van der Waals surface area contributed by atoms with Crippen molar-refractivity contribution in [3.8, 4) is 5.82 Å². The number of halogens is 1. The third-order valence-corrected chi connectivity index (χ3v) is 2.93. The molecule has 3 nitrogen and oxygen atoms in total. The van der Waals surface area contributed by atoms with Crippen LogP contribution in [0, 0.1) is 20.8 Å². The number of pyridine rings is 1. The lowest BCUT2D eigenvalue weighted by atomic mass is 10.3. The van der Waals surface area contributed by atoms with Gasteiger partial charge in [0.25, 0.3) is 0 Å². The Morgan fingerprint density at radius 1 is 1.20 bits per heavy atom. The van der Waals surface area contributed by atoms with Gasteiger partial charge >= 0.3 is 0 Å². The van der Waals surface area contributed by atoms with Gasteiger partial charge in [0, 0.05) is 16.4 Å². The van der Waals surface area contributed by atoms with Crippen LogP contribution in [-0.4, -0.2) is 14.5 Å². The molecule has 0 radical (unpaired) electrons. The van der Waals surface area contributed by atoms with Crippen molar-refractivity contribution in [2.75, 3.05) is 0 Å². The minimum Gasteiger partial charge on any atom is -0.287 e. The maximum Gasteiger partial charge on any atom is 0.141 e. The molecule has 4 heteroatoms. The Labute approximate surface area is 97.3 Å². The van der Waals surface area contributed by atoms with Crippen molar-refractivity contribution in [1.82, 2.24) is 14.5 Å². The zero-order valence-electron chi connectivity index (χ0n) is 8.95. The van der Waals surface area contributed by atoms with Crippen molar-refractivity contribution in [3.63, 3.8) is 0 Å². The molecule has 0 saturated carbocycles. The fourth-order valence-corrected chi connectivity index (χ4v) is 1.94. The lowest BCUT2D eigenvalue weighted by Gasteiger charge is -2.07. The smallest absolute Gasteiger partial charge is 0.141 e. The van der Waals surface area contributed by atoms with Crippen molar-refractivity contribution in [3.05, 3.63) is 40.0 Å². The Morgan fingerprint density at radius 2 is 1.93 bits per heavy atom. The molecule has 15 heavy (non-hydrogen) atoms. The van der Waals surface area contributed by atoms with Gasteiger partial charge in [-0.2, -0.15) is 0 Å². The van der Waals surface area contributed by atoms with E-state index in [0.29, 0.717) is 0 Å². The standard InChI is InChI=1S/C11H12BrN3/c1-7-4-10(12)5-13-11(7)15-6-14-8(2)9(15)3/h4-6H,1-3H3. The first kappa shape index (κ1) is 10.4. The number of imidazole rings is 1. The summed E-state index contributed by atoms with van der Waals surface area (Å²) in [5.74, 6) is 0.941. The molecule has 0 saturated heterocycles. The predicted molar refractivity (Wildman–Crippen MR) is 63.3 cm³/mol. The van der Waals surface area contributed by atoms with Gasteiger partial charge in [-0.25, -0.2) is 9.97 Å². The molecule has 0 bridgehead atoms. The second-order valence-electron chi connectivity index (χ2n) is 3.58. The summed E-state index contributed by atoms with van der Waals surface area (Å²) in [4.78, 5) is 8.67. The lowest BCUT2D eigenvalue weighted by molar-refractivity contribution is 0.934. The third kappa shape index (κ3) is 1.81. The van der Waals surface area contributed by atoms with Gasteiger partial charge in [0.15, 0.2) is 0 Å².